The molecule has 0 bridgehead atoms. The maximum atomic E-state index is 11.5. The molecule has 1 N–H and O–H groups in total. The molecule has 0 aromatic carbocycles. The molecule has 1 atom stereocenters. The second-order valence-corrected chi connectivity index (χ2v) is 6.59. The summed E-state index contributed by atoms with van der Waals surface area (Å²) in [4.78, 5) is 0. The van der Waals surface area contributed by atoms with Crippen LogP contribution in [0.4, 0.5) is 0 Å². The van der Waals surface area contributed by atoms with Crippen LogP contribution in [-0.4, -0.2) is 32.5 Å². The second-order valence-electron chi connectivity index (χ2n) is 4.29. The van der Waals surface area contributed by atoms with Crippen LogP contribution in [0.25, 0.3) is 0 Å². The van der Waals surface area contributed by atoms with Gasteiger partial charge in [-0.25, -0.2) is 8.42 Å². The highest BCUT2D eigenvalue weighted by atomic mass is 32.2. The predicted octanol–water partition coefficient (Wildman–Crippen LogP) is 1.62. The standard InChI is InChI=1S/C12H21NO3S/c1-3-8-17(14,15)9-6-13-11(2)10-12-5-4-7-16-12/h4-5,7,11,13H,3,6,8-10H2,1-2H3. The summed E-state index contributed by atoms with van der Waals surface area (Å²) >= 11 is 0. The van der Waals surface area contributed by atoms with E-state index < -0.39 is 9.84 Å². The number of hydrogen-bond acceptors (Lipinski definition) is 4. The van der Waals surface area contributed by atoms with Crippen molar-refractivity contribution in [2.45, 2.75) is 32.7 Å². The van der Waals surface area contributed by atoms with Crippen LogP contribution in [0.1, 0.15) is 26.0 Å². The van der Waals surface area contributed by atoms with Gasteiger partial charge in [0.25, 0.3) is 0 Å². The van der Waals surface area contributed by atoms with Crippen LogP contribution in [0.5, 0.6) is 0 Å². The van der Waals surface area contributed by atoms with E-state index in [2.05, 4.69) is 5.32 Å². The molecule has 5 heteroatoms. The van der Waals surface area contributed by atoms with E-state index in [-0.39, 0.29) is 17.5 Å². The van der Waals surface area contributed by atoms with E-state index >= 15 is 0 Å². The molecule has 1 unspecified atom stereocenters. The third-order valence-electron chi connectivity index (χ3n) is 2.51. The van der Waals surface area contributed by atoms with Gasteiger partial charge in [-0.15, -0.1) is 0 Å². The number of nitrogens with one attached hydrogen (secondary N) is 1. The maximum absolute atomic E-state index is 11.5. The third-order valence-corrected chi connectivity index (χ3v) is 4.36. The molecule has 0 spiro atoms. The molecule has 1 rings (SSSR count). The van der Waals surface area contributed by atoms with Crippen molar-refractivity contribution in [2.24, 2.45) is 0 Å². The van der Waals surface area contributed by atoms with Crippen molar-refractivity contribution in [3.05, 3.63) is 24.2 Å². The van der Waals surface area contributed by atoms with E-state index in [4.69, 9.17) is 4.42 Å². The fraction of sp³-hybridized carbons (Fsp3) is 0.667. The summed E-state index contributed by atoms with van der Waals surface area (Å²) < 4.78 is 28.2. The number of furan rings is 1. The van der Waals surface area contributed by atoms with Gasteiger partial charge in [0.1, 0.15) is 5.76 Å². The Bertz CT molecular complexity index is 397. The summed E-state index contributed by atoms with van der Waals surface area (Å²) in [5, 5.41) is 3.20. The van der Waals surface area contributed by atoms with Crippen molar-refractivity contribution in [2.75, 3.05) is 18.1 Å². The molecular formula is C12H21NO3S. The van der Waals surface area contributed by atoms with Gasteiger partial charge in [-0.1, -0.05) is 6.92 Å². The molecule has 17 heavy (non-hydrogen) atoms. The van der Waals surface area contributed by atoms with Crippen LogP contribution >= 0.6 is 0 Å². The molecule has 0 fully saturated rings. The SMILES string of the molecule is CCCS(=O)(=O)CCNC(C)Cc1ccco1. The summed E-state index contributed by atoms with van der Waals surface area (Å²) in [6.45, 7) is 4.41. The van der Waals surface area contributed by atoms with Gasteiger partial charge in [-0.2, -0.15) is 0 Å². The lowest BCUT2D eigenvalue weighted by atomic mass is 10.2. The highest BCUT2D eigenvalue weighted by Gasteiger charge is 2.10. The molecule has 0 aliphatic rings. The van der Waals surface area contributed by atoms with Crippen LogP contribution in [-0.2, 0) is 16.3 Å². The molecule has 0 aliphatic carbocycles. The van der Waals surface area contributed by atoms with Crippen molar-refractivity contribution >= 4 is 9.84 Å². The number of sulfone groups is 1. The van der Waals surface area contributed by atoms with Gasteiger partial charge >= 0.3 is 0 Å². The van der Waals surface area contributed by atoms with Gasteiger partial charge in [0, 0.05) is 24.8 Å². The first-order chi connectivity index (χ1) is 8.03. The summed E-state index contributed by atoms with van der Waals surface area (Å²) in [5.41, 5.74) is 0. The molecule has 0 radical (unpaired) electrons. The van der Waals surface area contributed by atoms with Crippen molar-refractivity contribution in [1.82, 2.24) is 5.32 Å². The van der Waals surface area contributed by atoms with Crippen LogP contribution in [0, 0.1) is 0 Å². The zero-order valence-corrected chi connectivity index (χ0v) is 11.3. The lowest BCUT2D eigenvalue weighted by Crippen LogP contribution is -2.32. The smallest absolute Gasteiger partial charge is 0.151 e. The van der Waals surface area contributed by atoms with Crippen molar-refractivity contribution in [3.8, 4) is 0 Å². The van der Waals surface area contributed by atoms with Crippen LogP contribution in [0.3, 0.4) is 0 Å². The molecule has 0 saturated carbocycles. The monoisotopic (exact) mass is 259 g/mol. The molecule has 1 aromatic heterocycles. The van der Waals surface area contributed by atoms with Crippen LogP contribution in [0.2, 0.25) is 0 Å². The Balaban J connectivity index is 2.22. The fourth-order valence-corrected chi connectivity index (χ4v) is 2.93. The normalized spacial score (nSPS) is 13.8. The van der Waals surface area contributed by atoms with Gasteiger partial charge in [-0.3, -0.25) is 0 Å². The van der Waals surface area contributed by atoms with Crippen molar-refractivity contribution in [3.63, 3.8) is 0 Å². The van der Waals surface area contributed by atoms with Crippen molar-refractivity contribution in [1.29, 1.82) is 0 Å². The minimum atomic E-state index is -2.88. The Morgan fingerprint density at radius 2 is 2.18 bits per heavy atom. The van der Waals surface area contributed by atoms with Crippen LogP contribution in [0.15, 0.2) is 22.8 Å². The summed E-state index contributed by atoms with van der Waals surface area (Å²) in [5.74, 6) is 1.41. The van der Waals surface area contributed by atoms with Crippen molar-refractivity contribution < 1.29 is 12.8 Å². The van der Waals surface area contributed by atoms with E-state index in [0.717, 1.165) is 12.2 Å². The molecule has 98 valence electrons. The van der Waals surface area contributed by atoms with Gasteiger partial charge < -0.3 is 9.73 Å². The van der Waals surface area contributed by atoms with Gasteiger partial charge in [-0.05, 0) is 25.5 Å². The Morgan fingerprint density at radius 1 is 1.41 bits per heavy atom. The Labute approximate surface area is 103 Å². The Morgan fingerprint density at radius 3 is 2.76 bits per heavy atom. The molecule has 0 amide bonds. The fourth-order valence-electron chi connectivity index (χ4n) is 1.68. The zero-order chi connectivity index (χ0) is 12.7. The molecule has 1 aromatic rings. The minimum Gasteiger partial charge on any atom is -0.469 e. The zero-order valence-electron chi connectivity index (χ0n) is 10.5. The van der Waals surface area contributed by atoms with Gasteiger partial charge in [0.05, 0.1) is 12.0 Å². The molecule has 4 nitrogen and oxygen atoms in total. The Hall–Kier alpha value is -0.810. The molecule has 0 aliphatic heterocycles. The maximum Gasteiger partial charge on any atom is 0.151 e. The van der Waals surface area contributed by atoms with Gasteiger partial charge in [0.15, 0.2) is 9.84 Å². The predicted molar refractivity (Wildman–Crippen MR) is 68.8 cm³/mol. The van der Waals surface area contributed by atoms with E-state index in [0.29, 0.717) is 13.0 Å². The van der Waals surface area contributed by atoms with Gasteiger partial charge in [0.2, 0.25) is 0 Å². The lowest BCUT2D eigenvalue weighted by Gasteiger charge is -2.12. The first-order valence-electron chi connectivity index (χ1n) is 5.99. The lowest BCUT2D eigenvalue weighted by molar-refractivity contribution is 0.462. The quantitative estimate of drug-likeness (QED) is 0.771. The first kappa shape index (κ1) is 14.3. The van der Waals surface area contributed by atoms with Crippen LogP contribution < -0.4 is 5.32 Å². The van der Waals surface area contributed by atoms with E-state index in [9.17, 15) is 8.42 Å². The largest absolute Gasteiger partial charge is 0.469 e. The molecule has 0 saturated heterocycles. The summed E-state index contributed by atoms with van der Waals surface area (Å²) in [7, 11) is -2.88. The third kappa shape index (κ3) is 5.89. The number of hydrogen-bond donors (Lipinski definition) is 1. The molecular weight excluding hydrogens is 238 g/mol. The summed E-state index contributed by atoms with van der Waals surface area (Å²) in [6.07, 6.45) is 3.11. The topological polar surface area (TPSA) is 59.3 Å². The Kier molecular flexibility index (Phi) is 5.71. The number of rotatable bonds is 8. The van der Waals surface area contributed by atoms with E-state index in [1.54, 1.807) is 6.26 Å². The average Bonchev–Trinajstić information content (AvgIpc) is 2.69. The summed E-state index contributed by atoms with van der Waals surface area (Å²) in [6, 6.07) is 4.00. The molecule has 1 heterocycles. The first-order valence-corrected chi connectivity index (χ1v) is 7.82. The second kappa shape index (κ2) is 6.81. The highest BCUT2D eigenvalue weighted by molar-refractivity contribution is 7.91. The van der Waals surface area contributed by atoms with E-state index in [1.807, 2.05) is 26.0 Å². The van der Waals surface area contributed by atoms with E-state index in [1.165, 1.54) is 0 Å². The highest BCUT2D eigenvalue weighted by Crippen LogP contribution is 2.03. The minimum absolute atomic E-state index is 0.212. The average molecular weight is 259 g/mol.